The van der Waals surface area contributed by atoms with Crippen molar-refractivity contribution in [2.24, 2.45) is 0 Å². The molecule has 0 saturated carbocycles. The van der Waals surface area contributed by atoms with Crippen molar-refractivity contribution in [3.63, 3.8) is 0 Å². The zero-order valence-electron chi connectivity index (χ0n) is 9.22. The number of rotatable bonds is 8. The molecule has 0 aromatic heterocycles. The average Bonchev–Trinajstić information content (AvgIpc) is 2.29. The summed E-state index contributed by atoms with van der Waals surface area (Å²) >= 11 is 0. The van der Waals surface area contributed by atoms with E-state index in [1.165, 1.54) is 5.56 Å². The molecule has 0 aliphatic carbocycles. The van der Waals surface area contributed by atoms with Gasteiger partial charge in [-0.25, -0.2) is 5.21 Å². The molecule has 0 aliphatic rings. The molecule has 90 valence electrons. The minimum atomic E-state index is -0.0651. The Bertz CT molecular complexity index is 309. The molecule has 0 radical (unpaired) electrons. The molecule has 0 spiro atoms. The van der Waals surface area contributed by atoms with Crippen LogP contribution in [0.25, 0.3) is 0 Å². The van der Waals surface area contributed by atoms with Gasteiger partial charge in [-0.2, -0.15) is 0 Å². The Morgan fingerprint density at radius 1 is 1.06 bits per heavy atom. The Balaban J connectivity index is 0.00000256. The summed E-state index contributed by atoms with van der Waals surface area (Å²) in [5.41, 5.74) is 1.25. The number of benzene rings is 1. The van der Waals surface area contributed by atoms with Crippen molar-refractivity contribution in [3.05, 3.63) is 40.8 Å². The van der Waals surface area contributed by atoms with E-state index in [1.54, 1.807) is 0 Å². The van der Waals surface area contributed by atoms with Gasteiger partial charge in [-0.05, 0) is 5.56 Å². The molecule has 6 heteroatoms. The van der Waals surface area contributed by atoms with Crippen molar-refractivity contribution >= 4 is 51.4 Å². The second-order valence-electron chi connectivity index (χ2n) is 3.49. The van der Waals surface area contributed by atoms with E-state index < -0.39 is 0 Å². The maximum atomic E-state index is 10.1. The van der Waals surface area contributed by atoms with E-state index in [4.69, 9.17) is 5.21 Å². The van der Waals surface area contributed by atoms with E-state index in [9.17, 15) is 4.91 Å². The van der Waals surface area contributed by atoms with Gasteiger partial charge in [-0.1, -0.05) is 30.3 Å². The van der Waals surface area contributed by atoms with Crippen LogP contribution in [0.5, 0.6) is 0 Å². The van der Waals surface area contributed by atoms with Crippen LogP contribution in [0.15, 0.2) is 30.3 Å². The molecule has 17 heavy (non-hydrogen) atoms. The number of hydrogen-bond donors (Lipinski definition) is 3. The molecule has 0 fully saturated rings. The molecule has 0 aliphatic heterocycles. The summed E-state index contributed by atoms with van der Waals surface area (Å²) in [6.07, 6.45) is 0. The first-order chi connectivity index (χ1) is 7.79. The van der Waals surface area contributed by atoms with Crippen LogP contribution in [0.1, 0.15) is 5.56 Å². The quantitative estimate of drug-likeness (QED) is 0.348. The molecular weight excluding hydrogens is 245 g/mol. The Kier molecular flexibility index (Phi) is 11.4. The van der Waals surface area contributed by atoms with E-state index in [0.717, 1.165) is 19.6 Å². The second kappa shape index (κ2) is 11.3. The van der Waals surface area contributed by atoms with Crippen LogP contribution in [0, 0.1) is 4.91 Å². The van der Waals surface area contributed by atoms with Crippen molar-refractivity contribution in [3.8, 4) is 0 Å². The summed E-state index contributed by atoms with van der Waals surface area (Å²) in [6.45, 7) is 3.04. The first-order valence-corrected chi connectivity index (χ1v) is 5.38. The first kappa shape index (κ1) is 17.2. The number of nitrogens with one attached hydrogen (secondary N) is 2. The minimum absolute atomic E-state index is 0. The summed E-state index contributed by atoms with van der Waals surface area (Å²) in [4.78, 5) is 10.1. The van der Waals surface area contributed by atoms with Crippen LogP contribution in [-0.2, 0) is 6.54 Å². The zero-order valence-corrected chi connectivity index (χ0v) is 9.22. The van der Waals surface area contributed by atoms with Crippen molar-refractivity contribution in [2.75, 3.05) is 26.2 Å². The topological polar surface area (TPSA) is 64.4 Å². The second-order valence-corrected chi connectivity index (χ2v) is 3.49. The first-order valence-electron chi connectivity index (χ1n) is 5.38. The molecule has 1 rings (SSSR count). The molecule has 0 atom stereocenters. The van der Waals surface area contributed by atoms with Crippen LogP contribution in [0.3, 0.4) is 0 Å². The van der Waals surface area contributed by atoms with Crippen LogP contribution in [-0.4, -0.2) is 87.7 Å². The molecule has 5 nitrogen and oxygen atoms in total. The van der Waals surface area contributed by atoms with Gasteiger partial charge in [0.05, 0.1) is 11.5 Å². The fraction of sp³-hybridized carbons (Fsp3) is 0.455. The van der Waals surface area contributed by atoms with Crippen LogP contribution in [0.4, 0.5) is 0 Å². The van der Waals surface area contributed by atoms with Crippen molar-refractivity contribution in [1.29, 1.82) is 0 Å². The zero-order chi connectivity index (χ0) is 11.6. The molecule has 0 amide bonds. The van der Waals surface area contributed by atoms with Gasteiger partial charge in [-0.3, -0.25) is 0 Å². The van der Waals surface area contributed by atoms with E-state index in [-0.39, 0.29) is 62.9 Å². The van der Waals surface area contributed by atoms with Crippen LogP contribution < -0.4 is 10.6 Å². The van der Waals surface area contributed by atoms with Gasteiger partial charge in [0.2, 0.25) is 4.92 Å². The Morgan fingerprint density at radius 2 is 1.71 bits per heavy atom. The van der Waals surface area contributed by atoms with Gasteiger partial charge in [0.25, 0.3) is 6.54 Å². The number of nitrogens with zero attached hydrogens (tertiary/aromatic N) is 1. The third-order valence-corrected chi connectivity index (χ3v) is 2.13. The molecule has 0 saturated heterocycles. The Hall–Kier alpha value is 0.176. The average molecular weight is 264 g/mol. The van der Waals surface area contributed by atoms with Crippen molar-refractivity contribution in [2.45, 2.75) is 6.54 Å². The molecule has 3 N–H and O–H groups in total. The summed E-state index contributed by atoms with van der Waals surface area (Å²) in [6, 6.07) is 10.2. The molecule has 1 aromatic carbocycles. The van der Waals surface area contributed by atoms with Crippen molar-refractivity contribution < 1.29 is 10.1 Å². The van der Waals surface area contributed by atoms with Gasteiger partial charge < -0.3 is 10.6 Å². The number of hydrogen-bond acceptors (Lipinski definition) is 3. The van der Waals surface area contributed by atoms with Crippen LogP contribution >= 0.6 is 0 Å². The molecular formula is C11H19KN3O2+. The summed E-state index contributed by atoms with van der Waals surface area (Å²) in [7, 11) is 0. The van der Waals surface area contributed by atoms with Gasteiger partial charge in [-0.15, -0.1) is 0 Å². The van der Waals surface area contributed by atoms with Gasteiger partial charge >= 0.3 is 51.4 Å². The summed E-state index contributed by atoms with van der Waals surface area (Å²) < 4.78 is 0. The predicted molar refractivity (Wildman–Crippen MR) is 68.4 cm³/mol. The van der Waals surface area contributed by atoms with Gasteiger partial charge in [0.15, 0.2) is 0 Å². The van der Waals surface area contributed by atoms with Crippen LogP contribution in [0.2, 0.25) is 0 Å². The molecule has 0 unspecified atom stereocenters. The fourth-order valence-electron chi connectivity index (χ4n) is 1.31. The van der Waals surface area contributed by atoms with E-state index in [2.05, 4.69) is 22.8 Å². The summed E-state index contributed by atoms with van der Waals surface area (Å²) in [5.74, 6) is 0. The third-order valence-electron chi connectivity index (χ3n) is 2.13. The van der Waals surface area contributed by atoms with E-state index in [0.29, 0.717) is 6.54 Å². The van der Waals surface area contributed by atoms with Crippen molar-refractivity contribution in [1.82, 2.24) is 10.6 Å². The third kappa shape index (κ3) is 9.84. The Morgan fingerprint density at radius 3 is 2.35 bits per heavy atom. The summed E-state index contributed by atoms with van der Waals surface area (Å²) in [5, 5.41) is 14.6. The molecule has 0 bridgehead atoms. The molecule has 0 heterocycles. The van der Waals surface area contributed by atoms with E-state index >= 15 is 0 Å². The SMILES string of the molecule is O=[N+](O)CCNCCNCc1ccccc1.[KH]. The fourth-order valence-corrected chi connectivity index (χ4v) is 1.31. The monoisotopic (exact) mass is 264 g/mol. The molecule has 1 aromatic rings. The normalized spacial score (nSPS) is 9.65. The Labute approximate surface area is 144 Å². The maximum absolute atomic E-state index is 10.1. The van der Waals surface area contributed by atoms with E-state index in [1.807, 2.05) is 18.2 Å². The van der Waals surface area contributed by atoms with Gasteiger partial charge in [0, 0.05) is 19.6 Å². The van der Waals surface area contributed by atoms with Gasteiger partial charge in [0.1, 0.15) is 0 Å². The predicted octanol–water partition coefficient (Wildman–Crippen LogP) is -0.115. The standard InChI is InChI=1S/C11H18N3O2.K.H/c15-14(16)9-8-12-6-7-13-10-11-4-2-1-3-5-11;;/h1-5,12-13H,6-10H2,(H,15,16);;/q+1;;.